The van der Waals surface area contributed by atoms with Gasteiger partial charge in [-0.2, -0.15) is 0 Å². The number of aliphatic hydroxyl groups excluding tert-OH is 1. The number of rotatable bonds is 2. The Balaban J connectivity index is 2.57. The molecular weight excluding hydrogens is 188 g/mol. The van der Waals surface area contributed by atoms with Crippen LogP contribution in [0.1, 0.15) is 17.2 Å². The summed E-state index contributed by atoms with van der Waals surface area (Å²) >= 11 is 0. The molecule has 0 saturated heterocycles. The van der Waals surface area contributed by atoms with E-state index in [9.17, 15) is 5.11 Å². The number of aromatic nitrogens is 1. The highest BCUT2D eigenvalue weighted by Crippen LogP contribution is 2.21. The summed E-state index contributed by atoms with van der Waals surface area (Å²) in [5, 5.41) is 11.8. The van der Waals surface area contributed by atoms with Crippen molar-refractivity contribution in [1.82, 2.24) is 4.98 Å². The Morgan fingerprint density at radius 1 is 1.40 bits per heavy atom. The monoisotopic (exact) mass is 202 g/mol. The molecule has 2 rings (SSSR count). The van der Waals surface area contributed by atoms with E-state index >= 15 is 0 Å². The van der Waals surface area contributed by atoms with Crippen LogP contribution in [0.25, 0.3) is 10.8 Å². The van der Waals surface area contributed by atoms with Crippen LogP contribution in [0.4, 0.5) is 0 Å². The molecule has 15 heavy (non-hydrogen) atoms. The van der Waals surface area contributed by atoms with E-state index in [2.05, 4.69) is 4.98 Å². The van der Waals surface area contributed by atoms with Gasteiger partial charge in [0.15, 0.2) is 0 Å². The highest BCUT2D eigenvalue weighted by atomic mass is 16.3. The Morgan fingerprint density at radius 2 is 2.20 bits per heavy atom. The van der Waals surface area contributed by atoms with Gasteiger partial charge in [-0.15, -0.1) is 0 Å². The third-order valence-electron chi connectivity index (χ3n) is 2.59. The van der Waals surface area contributed by atoms with Gasteiger partial charge >= 0.3 is 0 Å². The molecule has 0 bridgehead atoms. The van der Waals surface area contributed by atoms with Crippen molar-refractivity contribution in [1.29, 1.82) is 0 Å². The third kappa shape index (κ3) is 1.84. The fraction of sp³-hybridized carbons (Fsp3) is 0.250. The second-order valence-electron chi connectivity index (χ2n) is 3.69. The molecule has 3 N–H and O–H groups in total. The predicted molar refractivity (Wildman–Crippen MR) is 60.5 cm³/mol. The lowest BCUT2D eigenvalue weighted by atomic mass is 10.0. The van der Waals surface area contributed by atoms with Gasteiger partial charge in [0.2, 0.25) is 0 Å². The number of hydrogen-bond donors (Lipinski definition) is 2. The van der Waals surface area contributed by atoms with Crippen molar-refractivity contribution < 1.29 is 5.11 Å². The number of aryl methyl sites for hydroxylation is 1. The summed E-state index contributed by atoms with van der Waals surface area (Å²) in [7, 11) is 0. The van der Waals surface area contributed by atoms with Gasteiger partial charge < -0.3 is 10.8 Å². The van der Waals surface area contributed by atoms with Gasteiger partial charge in [-0.05, 0) is 29.5 Å². The fourth-order valence-corrected chi connectivity index (χ4v) is 1.69. The van der Waals surface area contributed by atoms with Gasteiger partial charge in [0.1, 0.15) is 0 Å². The minimum Gasteiger partial charge on any atom is -0.387 e. The summed E-state index contributed by atoms with van der Waals surface area (Å²) in [5.74, 6) is 0. The number of benzene rings is 1. The minimum atomic E-state index is -0.588. The van der Waals surface area contributed by atoms with Crippen LogP contribution in [0.15, 0.2) is 30.6 Å². The molecule has 1 aromatic carbocycles. The highest BCUT2D eigenvalue weighted by molar-refractivity contribution is 5.85. The van der Waals surface area contributed by atoms with Crippen LogP contribution in [0, 0.1) is 6.92 Å². The summed E-state index contributed by atoms with van der Waals surface area (Å²) in [4.78, 5) is 4.13. The first-order valence-corrected chi connectivity index (χ1v) is 4.95. The topological polar surface area (TPSA) is 59.1 Å². The molecule has 78 valence electrons. The lowest BCUT2D eigenvalue weighted by molar-refractivity contribution is 0.187. The maximum atomic E-state index is 9.61. The Bertz CT molecular complexity index is 482. The molecule has 1 unspecified atom stereocenters. The van der Waals surface area contributed by atoms with Crippen LogP contribution in [0.5, 0.6) is 0 Å². The van der Waals surface area contributed by atoms with Gasteiger partial charge in [-0.3, -0.25) is 4.98 Å². The number of fused-ring (bicyclic) bond motifs is 1. The van der Waals surface area contributed by atoms with Gasteiger partial charge in [0, 0.05) is 24.3 Å². The normalized spacial score (nSPS) is 13.0. The van der Waals surface area contributed by atoms with E-state index in [4.69, 9.17) is 5.73 Å². The van der Waals surface area contributed by atoms with Crippen LogP contribution in [0.3, 0.4) is 0 Å². The summed E-state index contributed by atoms with van der Waals surface area (Å²) < 4.78 is 0. The van der Waals surface area contributed by atoms with E-state index in [1.165, 1.54) is 0 Å². The molecular formula is C12H14N2O. The zero-order valence-electron chi connectivity index (χ0n) is 8.64. The Labute approximate surface area is 88.6 Å². The smallest absolute Gasteiger partial charge is 0.0912 e. The van der Waals surface area contributed by atoms with Crippen molar-refractivity contribution in [2.75, 3.05) is 6.54 Å². The largest absolute Gasteiger partial charge is 0.387 e. The Hall–Kier alpha value is -1.45. The van der Waals surface area contributed by atoms with Crippen molar-refractivity contribution in [3.63, 3.8) is 0 Å². The molecule has 0 saturated carbocycles. The first kappa shape index (κ1) is 10.1. The van der Waals surface area contributed by atoms with Crippen molar-refractivity contribution in [2.45, 2.75) is 13.0 Å². The van der Waals surface area contributed by atoms with Gasteiger partial charge in [0.25, 0.3) is 0 Å². The summed E-state index contributed by atoms with van der Waals surface area (Å²) in [6.07, 6.45) is 3.05. The molecule has 0 fully saturated rings. The maximum Gasteiger partial charge on any atom is 0.0912 e. The number of nitrogens with two attached hydrogens (primary N) is 1. The molecule has 0 radical (unpaired) electrons. The summed E-state index contributed by atoms with van der Waals surface area (Å²) in [5.41, 5.74) is 7.40. The van der Waals surface area contributed by atoms with E-state index in [1.807, 2.05) is 31.3 Å². The van der Waals surface area contributed by atoms with E-state index in [1.54, 1.807) is 6.20 Å². The lowest BCUT2D eigenvalue weighted by Crippen LogP contribution is -2.11. The first-order chi connectivity index (χ1) is 7.22. The minimum absolute atomic E-state index is 0.241. The molecule has 3 nitrogen and oxygen atoms in total. The van der Waals surface area contributed by atoms with E-state index in [0.717, 1.165) is 21.9 Å². The van der Waals surface area contributed by atoms with Crippen LogP contribution in [-0.2, 0) is 0 Å². The van der Waals surface area contributed by atoms with Crippen molar-refractivity contribution in [3.8, 4) is 0 Å². The molecule has 0 aliphatic rings. The molecule has 1 atom stereocenters. The molecule has 3 heteroatoms. The standard InChI is InChI=1S/C12H14N2O/c1-8-6-14-7-10-4-9(12(15)5-13)2-3-11(8)10/h2-4,6-7,12,15H,5,13H2,1H3. The molecule has 0 spiro atoms. The number of hydrogen-bond acceptors (Lipinski definition) is 3. The van der Waals surface area contributed by atoms with Crippen molar-refractivity contribution in [3.05, 3.63) is 41.7 Å². The van der Waals surface area contributed by atoms with Crippen molar-refractivity contribution >= 4 is 10.8 Å². The highest BCUT2D eigenvalue weighted by Gasteiger charge is 2.06. The zero-order valence-corrected chi connectivity index (χ0v) is 8.64. The number of nitrogens with zero attached hydrogens (tertiary/aromatic N) is 1. The van der Waals surface area contributed by atoms with E-state index in [-0.39, 0.29) is 6.54 Å². The SMILES string of the molecule is Cc1cncc2cc(C(O)CN)ccc12. The lowest BCUT2D eigenvalue weighted by Gasteiger charge is -2.09. The average molecular weight is 202 g/mol. The number of pyridine rings is 1. The quantitative estimate of drug-likeness (QED) is 0.776. The van der Waals surface area contributed by atoms with Crippen molar-refractivity contribution in [2.24, 2.45) is 5.73 Å². The van der Waals surface area contributed by atoms with Gasteiger partial charge in [0.05, 0.1) is 6.10 Å². The molecule has 1 heterocycles. The average Bonchev–Trinajstić information content (AvgIpc) is 2.28. The Morgan fingerprint density at radius 3 is 2.93 bits per heavy atom. The third-order valence-corrected chi connectivity index (χ3v) is 2.59. The van der Waals surface area contributed by atoms with E-state index in [0.29, 0.717) is 0 Å². The molecule has 1 aromatic heterocycles. The molecule has 2 aromatic rings. The molecule has 0 aliphatic carbocycles. The zero-order chi connectivity index (χ0) is 10.8. The fourth-order valence-electron chi connectivity index (χ4n) is 1.69. The van der Waals surface area contributed by atoms with Crippen LogP contribution in [0.2, 0.25) is 0 Å². The van der Waals surface area contributed by atoms with E-state index < -0.39 is 6.10 Å². The summed E-state index contributed by atoms with van der Waals surface area (Å²) in [6, 6.07) is 5.85. The van der Waals surface area contributed by atoms with Crippen LogP contribution >= 0.6 is 0 Å². The number of aliphatic hydroxyl groups is 1. The molecule has 0 amide bonds. The van der Waals surface area contributed by atoms with Crippen LogP contribution < -0.4 is 5.73 Å². The maximum absolute atomic E-state index is 9.61. The second-order valence-corrected chi connectivity index (χ2v) is 3.69. The molecule has 0 aliphatic heterocycles. The predicted octanol–water partition coefficient (Wildman–Crippen LogP) is 1.54. The van der Waals surface area contributed by atoms with Crippen LogP contribution in [-0.4, -0.2) is 16.6 Å². The van der Waals surface area contributed by atoms with Gasteiger partial charge in [-0.1, -0.05) is 12.1 Å². The van der Waals surface area contributed by atoms with Gasteiger partial charge in [-0.25, -0.2) is 0 Å². The summed E-state index contributed by atoms with van der Waals surface area (Å²) in [6.45, 7) is 2.26. The Kier molecular flexibility index (Phi) is 2.66. The first-order valence-electron chi connectivity index (χ1n) is 4.95. The second kappa shape index (κ2) is 3.96.